The molecule has 1 aromatic rings. The zero-order valence-electron chi connectivity index (χ0n) is 14.2. The Kier molecular flexibility index (Phi) is 7.18. The molecule has 0 aromatic heterocycles. The molecule has 0 heterocycles. The number of hydrogen-bond donors (Lipinski definition) is 3. The lowest BCUT2D eigenvalue weighted by Crippen LogP contribution is -2.39. The number of likely N-dealkylation sites (N-methyl/N-ethyl adjacent to an activating group) is 1. The molecule has 0 saturated heterocycles. The molecule has 0 saturated carbocycles. The van der Waals surface area contributed by atoms with Gasteiger partial charge in [0, 0.05) is 13.1 Å². The molecule has 0 bridgehead atoms. The maximum Gasteiger partial charge on any atom is 0.257 e. The molecule has 1 rings (SSSR count). The largest absolute Gasteiger partial charge is 0.484 e. The van der Waals surface area contributed by atoms with Gasteiger partial charge in [-0.1, -0.05) is 0 Å². The lowest BCUT2D eigenvalue weighted by molar-refractivity contribution is -0.122. The average molecular weight is 357 g/mol. The van der Waals surface area contributed by atoms with Gasteiger partial charge in [0.05, 0.1) is 11.4 Å². The first-order valence-corrected chi connectivity index (χ1v) is 8.87. The lowest BCUT2D eigenvalue weighted by atomic mass is 10.2. The maximum absolute atomic E-state index is 12.2. The van der Waals surface area contributed by atoms with Gasteiger partial charge in [0.1, 0.15) is 5.75 Å². The topological polar surface area (TPSA) is 114 Å². The summed E-state index contributed by atoms with van der Waals surface area (Å²) in [6.07, 6.45) is 0. The number of carbonyl (C=O) groups is 2. The minimum Gasteiger partial charge on any atom is -0.484 e. The van der Waals surface area contributed by atoms with Gasteiger partial charge >= 0.3 is 0 Å². The van der Waals surface area contributed by atoms with Crippen molar-refractivity contribution in [3.8, 4) is 5.75 Å². The van der Waals surface area contributed by atoms with Crippen molar-refractivity contribution >= 4 is 21.8 Å². The van der Waals surface area contributed by atoms with Crippen LogP contribution in [0, 0.1) is 6.92 Å². The van der Waals surface area contributed by atoms with E-state index in [1.54, 1.807) is 20.8 Å². The van der Waals surface area contributed by atoms with Crippen LogP contribution in [0.1, 0.15) is 19.4 Å². The van der Waals surface area contributed by atoms with Crippen molar-refractivity contribution in [1.82, 2.24) is 15.4 Å². The number of rotatable bonds is 8. The summed E-state index contributed by atoms with van der Waals surface area (Å²) in [6.45, 7) is 4.75. The zero-order valence-corrected chi connectivity index (χ0v) is 15.0. The molecule has 0 unspecified atom stereocenters. The van der Waals surface area contributed by atoms with Crippen LogP contribution in [0.2, 0.25) is 0 Å². The quantitative estimate of drug-likeness (QED) is 0.602. The van der Waals surface area contributed by atoms with Crippen LogP contribution in [0.3, 0.4) is 0 Å². The van der Waals surface area contributed by atoms with Crippen molar-refractivity contribution in [2.75, 3.05) is 20.2 Å². The molecule has 0 aliphatic carbocycles. The molecule has 3 N–H and O–H groups in total. The molecule has 9 heteroatoms. The number of carbonyl (C=O) groups excluding carboxylic acids is 2. The smallest absolute Gasteiger partial charge is 0.257 e. The van der Waals surface area contributed by atoms with Crippen molar-refractivity contribution in [2.24, 2.45) is 0 Å². The fourth-order valence-corrected chi connectivity index (χ4v) is 2.85. The predicted octanol–water partition coefficient (Wildman–Crippen LogP) is -0.0773. The van der Waals surface area contributed by atoms with Crippen molar-refractivity contribution in [3.05, 3.63) is 23.8 Å². The maximum atomic E-state index is 12.2. The van der Waals surface area contributed by atoms with E-state index in [0.29, 0.717) is 11.3 Å². The highest BCUT2D eigenvalue weighted by molar-refractivity contribution is 7.89. The molecular formula is C15H23N3O5S. The van der Waals surface area contributed by atoms with Crippen molar-refractivity contribution < 1.29 is 22.7 Å². The Morgan fingerprint density at radius 1 is 1.21 bits per heavy atom. The highest BCUT2D eigenvalue weighted by Gasteiger charge is 2.17. The Bertz CT molecular complexity index is 701. The summed E-state index contributed by atoms with van der Waals surface area (Å²) in [5, 5.41) is 5.02. The molecule has 0 fully saturated rings. The van der Waals surface area contributed by atoms with Crippen LogP contribution in [-0.2, 0) is 19.6 Å². The van der Waals surface area contributed by atoms with Gasteiger partial charge in [-0.15, -0.1) is 0 Å². The first-order chi connectivity index (χ1) is 11.2. The lowest BCUT2D eigenvalue weighted by Gasteiger charge is -2.12. The highest BCUT2D eigenvalue weighted by atomic mass is 32.2. The van der Waals surface area contributed by atoms with Gasteiger partial charge < -0.3 is 15.4 Å². The van der Waals surface area contributed by atoms with Gasteiger partial charge in [-0.05, 0) is 44.5 Å². The summed E-state index contributed by atoms with van der Waals surface area (Å²) in [5.74, 6) is -0.283. The van der Waals surface area contributed by atoms with Gasteiger partial charge in [0.15, 0.2) is 6.61 Å². The fourth-order valence-electron chi connectivity index (χ4n) is 1.78. The number of ether oxygens (including phenoxy) is 1. The van der Waals surface area contributed by atoms with E-state index in [2.05, 4.69) is 15.4 Å². The van der Waals surface area contributed by atoms with Crippen LogP contribution >= 0.6 is 0 Å². The molecule has 0 spiro atoms. The Morgan fingerprint density at radius 2 is 1.88 bits per heavy atom. The van der Waals surface area contributed by atoms with E-state index in [0.717, 1.165) is 0 Å². The minimum atomic E-state index is -3.81. The van der Waals surface area contributed by atoms with Crippen LogP contribution < -0.4 is 20.1 Å². The van der Waals surface area contributed by atoms with Crippen LogP contribution in [-0.4, -0.2) is 46.5 Å². The van der Waals surface area contributed by atoms with Gasteiger partial charge in [-0.2, -0.15) is 0 Å². The fraction of sp³-hybridized carbons (Fsp3) is 0.467. The summed E-state index contributed by atoms with van der Waals surface area (Å²) >= 11 is 0. The molecule has 0 radical (unpaired) electrons. The minimum absolute atomic E-state index is 0.0182. The number of aryl methyl sites for hydroxylation is 1. The van der Waals surface area contributed by atoms with E-state index in [4.69, 9.17) is 4.74 Å². The molecule has 8 nitrogen and oxygen atoms in total. The van der Waals surface area contributed by atoms with E-state index in [9.17, 15) is 18.0 Å². The van der Waals surface area contributed by atoms with Crippen LogP contribution in [0.5, 0.6) is 5.75 Å². The highest BCUT2D eigenvalue weighted by Crippen LogP contribution is 2.21. The summed E-state index contributed by atoms with van der Waals surface area (Å²) in [5.41, 5.74) is 0.563. The summed E-state index contributed by atoms with van der Waals surface area (Å²) in [6, 6.07) is 4.18. The van der Waals surface area contributed by atoms with Crippen molar-refractivity contribution in [2.45, 2.75) is 31.7 Å². The van der Waals surface area contributed by atoms with Gasteiger partial charge in [-0.25, -0.2) is 13.1 Å². The second-order valence-electron chi connectivity index (χ2n) is 5.44. The number of sulfonamides is 1. The second kappa shape index (κ2) is 8.65. The SMILES string of the molecule is CNC(=O)COc1ccc(S(=O)(=O)NCC(=O)NC(C)C)cc1C. The van der Waals surface area contributed by atoms with E-state index in [1.807, 2.05) is 0 Å². The molecular weight excluding hydrogens is 334 g/mol. The van der Waals surface area contributed by atoms with E-state index >= 15 is 0 Å². The molecule has 2 amide bonds. The van der Waals surface area contributed by atoms with Crippen molar-refractivity contribution in [3.63, 3.8) is 0 Å². The monoisotopic (exact) mass is 357 g/mol. The summed E-state index contributed by atoms with van der Waals surface area (Å²) in [4.78, 5) is 22.7. The molecule has 0 aliphatic heterocycles. The molecule has 24 heavy (non-hydrogen) atoms. The standard InChI is InChI=1S/C15H23N3O5S/c1-10(2)18-14(19)8-17-24(21,22)12-5-6-13(11(3)7-12)23-9-15(20)16-4/h5-7,10,17H,8-9H2,1-4H3,(H,16,20)(H,18,19). The number of amides is 2. The zero-order chi connectivity index (χ0) is 18.3. The van der Waals surface area contributed by atoms with Crippen LogP contribution in [0.25, 0.3) is 0 Å². The molecule has 0 atom stereocenters. The Morgan fingerprint density at radius 3 is 2.42 bits per heavy atom. The summed E-state index contributed by atoms with van der Waals surface area (Å²) < 4.78 is 32.0. The third-order valence-electron chi connectivity index (χ3n) is 2.97. The van der Waals surface area contributed by atoms with Gasteiger partial charge in [-0.3, -0.25) is 9.59 Å². The first-order valence-electron chi connectivity index (χ1n) is 7.38. The first kappa shape index (κ1) is 19.9. The predicted molar refractivity (Wildman–Crippen MR) is 89.2 cm³/mol. The normalized spacial score (nSPS) is 11.2. The van der Waals surface area contributed by atoms with Crippen LogP contribution in [0.4, 0.5) is 0 Å². The van der Waals surface area contributed by atoms with Crippen LogP contribution in [0.15, 0.2) is 23.1 Å². The number of benzene rings is 1. The molecule has 1 aromatic carbocycles. The summed E-state index contributed by atoms with van der Waals surface area (Å²) in [7, 11) is -2.32. The second-order valence-corrected chi connectivity index (χ2v) is 7.20. The Balaban J connectivity index is 2.77. The third-order valence-corrected chi connectivity index (χ3v) is 4.37. The van der Waals surface area contributed by atoms with Gasteiger partial charge in [0.25, 0.3) is 5.91 Å². The van der Waals surface area contributed by atoms with E-state index < -0.39 is 15.9 Å². The van der Waals surface area contributed by atoms with E-state index in [-0.39, 0.29) is 30.0 Å². The van der Waals surface area contributed by atoms with E-state index in [1.165, 1.54) is 25.2 Å². The Hall–Kier alpha value is -2.13. The number of nitrogens with one attached hydrogen (secondary N) is 3. The molecule has 0 aliphatic rings. The average Bonchev–Trinajstić information content (AvgIpc) is 2.50. The third kappa shape index (κ3) is 6.17. The Labute approximate surface area is 142 Å². The molecule has 134 valence electrons. The van der Waals surface area contributed by atoms with Crippen molar-refractivity contribution in [1.29, 1.82) is 0 Å². The van der Waals surface area contributed by atoms with Gasteiger partial charge in [0.2, 0.25) is 15.9 Å². The number of hydrogen-bond acceptors (Lipinski definition) is 5.